The second kappa shape index (κ2) is 8.64. The first-order chi connectivity index (χ1) is 15.2. The molecule has 0 radical (unpaired) electrons. The maximum Gasteiger partial charge on any atom is 0.281 e. The van der Waals surface area contributed by atoms with Gasteiger partial charge in [0.2, 0.25) is 10.0 Å². The predicted molar refractivity (Wildman–Crippen MR) is 123 cm³/mol. The Morgan fingerprint density at radius 1 is 1.28 bits per heavy atom. The molecular weight excluding hydrogens is 452 g/mol. The molecule has 1 unspecified atom stereocenters. The highest BCUT2D eigenvalue weighted by Gasteiger charge is 2.33. The van der Waals surface area contributed by atoms with Gasteiger partial charge in [0.1, 0.15) is 21.3 Å². The van der Waals surface area contributed by atoms with Crippen LogP contribution in [0.25, 0.3) is 10.2 Å². The first kappa shape index (κ1) is 22.4. The number of nitrogens with zero attached hydrogens (tertiary/aromatic N) is 3. The van der Waals surface area contributed by atoms with Crippen molar-refractivity contribution >= 4 is 37.5 Å². The van der Waals surface area contributed by atoms with Crippen molar-refractivity contribution < 1.29 is 17.9 Å². The summed E-state index contributed by atoms with van der Waals surface area (Å²) in [6.45, 7) is 3.91. The van der Waals surface area contributed by atoms with Gasteiger partial charge in [0.15, 0.2) is 0 Å². The lowest BCUT2D eigenvalue weighted by Gasteiger charge is -2.32. The number of fused-ring (bicyclic) bond motifs is 1. The molecule has 1 amide bonds. The minimum Gasteiger partial charge on any atom is -0.495 e. The number of sulfonamides is 1. The molecule has 1 N–H and O–H groups in total. The molecule has 2 aromatic heterocycles. The van der Waals surface area contributed by atoms with Crippen molar-refractivity contribution in [2.24, 2.45) is 0 Å². The van der Waals surface area contributed by atoms with E-state index in [-0.39, 0.29) is 22.3 Å². The van der Waals surface area contributed by atoms with Gasteiger partial charge < -0.3 is 4.74 Å². The maximum absolute atomic E-state index is 13.4. The molecule has 3 heterocycles. The molecule has 1 aliphatic heterocycles. The summed E-state index contributed by atoms with van der Waals surface area (Å²) in [5, 5.41) is 2.16. The summed E-state index contributed by atoms with van der Waals surface area (Å²) in [6.07, 6.45) is 2.54. The summed E-state index contributed by atoms with van der Waals surface area (Å²) in [5.41, 5.74) is 2.23. The largest absolute Gasteiger partial charge is 0.495 e. The quantitative estimate of drug-likeness (QED) is 0.606. The van der Waals surface area contributed by atoms with E-state index >= 15 is 0 Å². The van der Waals surface area contributed by atoms with Gasteiger partial charge in [0.25, 0.3) is 11.5 Å². The lowest BCUT2D eigenvalue weighted by Crippen LogP contribution is -2.42. The van der Waals surface area contributed by atoms with Crippen LogP contribution in [-0.2, 0) is 10.0 Å². The zero-order valence-corrected chi connectivity index (χ0v) is 19.6. The number of aryl methyl sites for hydroxylation is 1. The fraction of sp³-hybridized carbons (Fsp3) is 0.381. The zero-order valence-electron chi connectivity index (χ0n) is 18.0. The van der Waals surface area contributed by atoms with Gasteiger partial charge in [-0.3, -0.25) is 15.0 Å². The smallest absolute Gasteiger partial charge is 0.281 e. The number of carbonyl (C=O) groups is 1. The van der Waals surface area contributed by atoms with Crippen LogP contribution in [0.1, 0.15) is 42.4 Å². The highest BCUT2D eigenvalue weighted by molar-refractivity contribution is 7.89. The van der Waals surface area contributed by atoms with E-state index in [1.54, 1.807) is 18.4 Å². The highest BCUT2D eigenvalue weighted by atomic mass is 32.2. The number of carbonyl (C=O) groups excluding carboxylic acids is 1. The van der Waals surface area contributed by atoms with E-state index in [1.807, 2.05) is 6.92 Å². The minimum absolute atomic E-state index is 0.0723. The second-order valence-electron chi connectivity index (χ2n) is 7.71. The Morgan fingerprint density at radius 3 is 2.78 bits per heavy atom. The standard InChI is InChI=1S/C21H24N4O5S2/c1-13-6-4-5-10-24(13)32(28,29)18-12-15(7-8-17(18)30-3)19(26)23-25-14(2)22-20-16(21(25)27)9-11-31-20/h7-9,11-13H,4-6,10H2,1-3H3,(H,23,26). The van der Waals surface area contributed by atoms with Crippen molar-refractivity contribution in [3.8, 4) is 5.75 Å². The van der Waals surface area contributed by atoms with Crippen molar-refractivity contribution in [1.82, 2.24) is 14.0 Å². The number of nitrogens with one attached hydrogen (secondary N) is 1. The van der Waals surface area contributed by atoms with Crippen LogP contribution in [0.3, 0.4) is 0 Å². The SMILES string of the molecule is COc1ccc(C(=O)Nn2c(C)nc3sccc3c2=O)cc1S(=O)(=O)N1CCCCC1C. The average molecular weight is 477 g/mol. The summed E-state index contributed by atoms with van der Waals surface area (Å²) in [5.74, 6) is -0.145. The number of thiophene rings is 1. The molecule has 0 bridgehead atoms. The molecule has 170 valence electrons. The number of aromatic nitrogens is 2. The van der Waals surface area contributed by atoms with Gasteiger partial charge in [-0.2, -0.15) is 4.31 Å². The number of hydrogen-bond donors (Lipinski definition) is 1. The summed E-state index contributed by atoms with van der Waals surface area (Å²) in [7, 11) is -2.48. The fourth-order valence-corrected chi connectivity index (χ4v) is 6.57. The van der Waals surface area contributed by atoms with Crippen LogP contribution < -0.4 is 15.7 Å². The number of amides is 1. The van der Waals surface area contributed by atoms with Crippen LogP contribution in [0.2, 0.25) is 0 Å². The molecule has 32 heavy (non-hydrogen) atoms. The van der Waals surface area contributed by atoms with E-state index < -0.39 is 21.5 Å². The molecule has 4 rings (SSSR count). The summed E-state index contributed by atoms with van der Waals surface area (Å²) in [4.78, 5) is 30.6. The van der Waals surface area contributed by atoms with E-state index in [0.717, 1.165) is 23.9 Å². The summed E-state index contributed by atoms with van der Waals surface area (Å²) in [6, 6.07) is 5.72. The van der Waals surface area contributed by atoms with Gasteiger partial charge in [0, 0.05) is 18.2 Å². The van der Waals surface area contributed by atoms with Gasteiger partial charge in [-0.05, 0) is 56.3 Å². The molecule has 1 atom stereocenters. The molecule has 1 aromatic carbocycles. The van der Waals surface area contributed by atoms with E-state index in [9.17, 15) is 18.0 Å². The van der Waals surface area contributed by atoms with Gasteiger partial charge in [-0.15, -0.1) is 11.3 Å². The molecule has 0 aliphatic carbocycles. The maximum atomic E-state index is 13.4. The van der Waals surface area contributed by atoms with E-state index in [0.29, 0.717) is 22.6 Å². The third-order valence-corrected chi connectivity index (χ3v) is 8.47. The molecule has 3 aromatic rings. The predicted octanol–water partition coefficient (Wildman–Crippen LogP) is 2.72. The monoisotopic (exact) mass is 476 g/mol. The Kier molecular flexibility index (Phi) is 6.06. The highest BCUT2D eigenvalue weighted by Crippen LogP contribution is 2.31. The van der Waals surface area contributed by atoms with Crippen molar-refractivity contribution in [3.05, 3.63) is 51.4 Å². The van der Waals surface area contributed by atoms with Crippen LogP contribution in [0.15, 0.2) is 39.3 Å². The lowest BCUT2D eigenvalue weighted by atomic mass is 10.1. The average Bonchev–Trinajstić information content (AvgIpc) is 3.24. The number of ether oxygens (including phenoxy) is 1. The number of rotatable bonds is 5. The fourth-order valence-electron chi connectivity index (χ4n) is 3.89. The van der Waals surface area contributed by atoms with Gasteiger partial charge >= 0.3 is 0 Å². The topological polar surface area (TPSA) is 111 Å². The van der Waals surface area contributed by atoms with Crippen LogP contribution >= 0.6 is 11.3 Å². The van der Waals surface area contributed by atoms with Crippen molar-refractivity contribution in [2.45, 2.75) is 44.0 Å². The molecule has 1 aliphatic rings. The Morgan fingerprint density at radius 2 is 2.06 bits per heavy atom. The molecule has 0 saturated carbocycles. The number of benzene rings is 1. The van der Waals surface area contributed by atoms with E-state index in [1.165, 1.54) is 41.0 Å². The van der Waals surface area contributed by atoms with Crippen molar-refractivity contribution in [2.75, 3.05) is 19.1 Å². The number of hydrogen-bond acceptors (Lipinski definition) is 7. The van der Waals surface area contributed by atoms with Crippen molar-refractivity contribution in [3.63, 3.8) is 0 Å². The van der Waals surface area contributed by atoms with Crippen LogP contribution in [0, 0.1) is 6.92 Å². The van der Waals surface area contributed by atoms with Gasteiger partial charge in [0.05, 0.1) is 12.5 Å². The normalized spacial score (nSPS) is 17.4. The Balaban J connectivity index is 1.71. The van der Waals surface area contributed by atoms with Crippen LogP contribution in [-0.4, -0.2) is 48.0 Å². The minimum atomic E-state index is -3.87. The second-order valence-corrected chi connectivity index (χ2v) is 10.5. The Hall–Kier alpha value is -2.76. The first-order valence-corrected chi connectivity index (χ1v) is 12.5. The zero-order chi connectivity index (χ0) is 23.0. The molecule has 0 spiro atoms. The molecule has 1 saturated heterocycles. The molecule has 9 nitrogen and oxygen atoms in total. The number of piperidine rings is 1. The van der Waals surface area contributed by atoms with Crippen LogP contribution in [0.5, 0.6) is 5.75 Å². The van der Waals surface area contributed by atoms with Crippen LogP contribution in [0.4, 0.5) is 0 Å². The molecular formula is C21H24N4O5S2. The van der Waals surface area contributed by atoms with Gasteiger partial charge in [-0.25, -0.2) is 18.1 Å². The molecule has 1 fully saturated rings. The summed E-state index contributed by atoms with van der Waals surface area (Å²) < 4.78 is 34.6. The number of methoxy groups -OCH3 is 1. The Labute approximate surface area is 189 Å². The van der Waals surface area contributed by atoms with Crippen molar-refractivity contribution in [1.29, 1.82) is 0 Å². The summed E-state index contributed by atoms with van der Waals surface area (Å²) >= 11 is 1.34. The lowest BCUT2D eigenvalue weighted by molar-refractivity contribution is 0.101. The molecule has 11 heteroatoms. The third-order valence-electron chi connectivity index (χ3n) is 5.63. The van der Waals surface area contributed by atoms with E-state index in [2.05, 4.69) is 10.4 Å². The third kappa shape index (κ3) is 3.91. The first-order valence-electron chi connectivity index (χ1n) is 10.2. The Bertz CT molecular complexity index is 1350. The van der Waals surface area contributed by atoms with E-state index in [4.69, 9.17) is 4.74 Å². The van der Waals surface area contributed by atoms with Gasteiger partial charge in [-0.1, -0.05) is 6.42 Å².